The standard InChI is InChI=1S/C24H27F6N7O5/c25-16-12-18(27)17(26)10-14(16)9-15(31)11-20(38)36-2-3-37-19(13-36)21(34-23(37)24(28,29)30)22(39)42-8-7-41-6-5-40-4-1-33-35-32/h10,12,15H,1-9,11,13,31H2. The Labute approximate surface area is 234 Å². The molecule has 1 aliphatic rings. The lowest BCUT2D eigenvalue weighted by molar-refractivity contribution is -0.148. The van der Waals surface area contributed by atoms with Crippen LogP contribution in [-0.2, 0) is 44.7 Å². The Morgan fingerprint density at radius 3 is 2.40 bits per heavy atom. The Bertz CT molecular complexity index is 1320. The fourth-order valence-electron chi connectivity index (χ4n) is 4.12. The summed E-state index contributed by atoms with van der Waals surface area (Å²) >= 11 is 0. The van der Waals surface area contributed by atoms with E-state index in [1.807, 2.05) is 0 Å². The van der Waals surface area contributed by atoms with Gasteiger partial charge in [0.1, 0.15) is 12.4 Å². The van der Waals surface area contributed by atoms with Gasteiger partial charge < -0.3 is 29.4 Å². The van der Waals surface area contributed by atoms with Gasteiger partial charge in [-0.1, -0.05) is 5.11 Å². The first kappa shape index (κ1) is 32.7. The van der Waals surface area contributed by atoms with Crippen LogP contribution in [-0.4, -0.2) is 78.5 Å². The second-order valence-corrected chi connectivity index (χ2v) is 9.04. The van der Waals surface area contributed by atoms with Gasteiger partial charge in [0, 0.05) is 43.1 Å². The van der Waals surface area contributed by atoms with Crippen molar-refractivity contribution in [1.29, 1.82) is 0 Å². The van der Waals surface area contributed by atoms with Crippen LogP contribution in [0.4, 0.5) is 26.3 Å². The molecule has 42 heavy (non-hydrogen) atoms. The van der Waals surface area contributed by atoms with Gasteiger partial charge >= 0.3 is 12.1 Å². The molecule has 1 amide bonds. The van der Waals surface area contributed by atoms with Gasteiger partial charge in [0.2, 0.25) is 11.7 Å². The van der Waals surface area contributed by atoms with Gasteiger partial charge in [-0.2, -0.15) is 13.2 Å². The van der Waals surface area contributed by atoms with Crippen LogP contribution in [0.25, 0.3) is 10.4 Å². The molecular weight excluding hydrogens is 580 g/mol. The third-order valence-corrected chi connectivity index (χ3v) is 6.05. The Kier molecular flexibility index (Phi) is 11.6. The van der Waals surface area contributed by atoms with E-state index in [1.54, 1.807) is 0 Å². The van der Waals surface area contributed by atoms with Gasteiger partial charge in [-0.15, -0.1) is 0 Å². The maximum atomic E-state index is 14.0. The molecule has 12 nitrogen and oxygen atoms in total. The van der Waals surface area contributed by atoms with E-state index in [4.69, 9.17) is 25.5 Å². The van der Waals surface area contributed by atoms with Gasteiger partial charge in [-0.05, 0) is 23.6 Å². The van der Waals surface area contributed by atoms with Crippen molar-refractivity contribution in [2.24, 2.45) is 10.8 Å². The fourth-order valence-corrected chi connectivity index (χ4v) is 4.12. The molecular formula is C24H27F6N7O5. The van der Waals surface area contributed by atoms with E-state index < -0.39 is 59.6 Å². The molecule has 18 heteroatoms. The zero-order valence-corrected chi connectivity index (χ0v) is 22.1. The highest BCUT2D eigenvalue weighted by molar-refractivity contribution is 5.89. The number of nitrogens with two attached hydrogens (primary N) is 1. The summed E-state index contributed by atoms with van der Waals surface area (Å²) in [6.07, 6.45) is -5.58. The molecule has 0 saturated carbocycles. The molecule has 3 rings (SSSR count). The van der Waals surface area contributed by atoms with Crippen LogP contribution in [0.2, 0.25) is 0 Å². The number of fused-ring (bicyclic) bond motifs is 1. The predicted molar refractivity (Wildman–Crippen MR) is 131 cm³/mol. The predicted octanol–water partition coefficient (Wildman–Crippen LogP) is 3.12. The quantitative estimate of drug-likeness (QED) is 0.0658. The number of nitrogens with zero attached hydrogens (tertiary/aromatic N) is 6. The molecule has 1 unspecified atom stereocenters. The first-order valence-electron chi connectivity index (χ1n) is 12.6. The Balaban J connectivity index is 1.59. The molecule has 0 aliphatic carbocycles. The highest BCUT2D eigenvalue weighted by atomic mass is 19.4. The minimum absolute atomic E-state index is 0.0886. The lowest BCUT2D eigenvalue weighted by atomic mass is 10.0. The van der Waals surface area contributed by atoms with Crippen LogP contribution in [0, 0.1) is 17.5 Å². The van der Waals surface area contributed by atoms with Gasteiger partial charge in [0.15, 0.2) is 17.3 Å². The lowest BCUT2D eigenvalue weighted by Gasteiger charge is -2.30. The number of hydrogen-bond donors (Lipinski definition) is 1. The minimum Gasteiger partial charge on any atom is -0.458 e. The monoisotopic (exact) mass is 607 g/mol. The molecule has 2 N–H and O–H groups in total. The number of benzene rings is 1. The first-order valence-corrected chi connectivity index (χ1v) is 12.6. The van der Waals surface area contributed by atoms with Crippen LogP contribution < -0.4 is 5.73 Å². The van der Waals surface area contributed by atoms with Gasteiger partial charge in [-0.3, -0.25) is 4.79 Å². The van der Waals surface area contributed by atoms with Crippen molar-refractivity contribution in [2.75, 3.05) is 46.1 Å². The topological polar surface area (TPSA) is 158 Å². The second-order valence-electron chi connectivity index (χ2n) is 9.04. The zero-order chi connectivity index (χ0) is 30.9. The third kappa shape index (κ3) is 8.82. The number of halogens is 6. The SMILES string of the molecule is [N-]=[N+]=NCCOCCOCCOC(=O)c1nc(C(F)(F)F)n2c1CN(C(=O)CC(N)Cc1cc(F)c(F)cc1F)CC2. The molecule has 1 aromatic carbocycles. The van der Waals surface area contributed by atoms with Crippen molar-refractivity contribution in [3.05, 3.63) is 62.8 Å². The maximum absolute atomic E-state index is 14.0. The van der Waals surface area contributed by atoms with Crippen LogP contribution in [0.1, 0.15) is 34.0 Å². The number of carbonyl (C=O) groups is 2. The Morgan fingerprint density at radius 2 is 1.71 bits per heavy atom. The molecule has 1 atom stereocenters. The average molecular weight is 608 g/mol. The summed E-state index contributed by atoms with van der Waals surface area (Å²) in [7, 11) is 0. The molecule has 0 spiro atoms. The molecule has 2 heterocycles. The van der Waals surface area contributed by atoms with Crippen LogP contribution in [0.15, 0.2) is 17.2 Å². The second kappa shape index (κ2) is 14.9. The molecule has 1 aliphatic heterocycles. The molecule has 0 bridgehead atoms. The van der Waals surface area contributed by atoms with Crippen molar-refractivity contribution in [3.63, 3.8) is 0 Å². The van der Waals surface area contributed by atoms with E-state index in [-0.39, 0.29) is 76.8 Å². The van der Waals surface area contributed by atoms with Gasteiger partial charge in [-0.25, -0.2) is 22.9 Å². The highest BCUT2D eigenvalue weighted by Gasteiger charge is 2.42. The number of hydrogen-bond acceptors (Lipinski definition) is 8. The van der Waals surface area contributed by atoms with E-state index in [9.17, 15) is 35.9 Å². The summed E-state index contributed by atoms with van der Waals surface area (Å²) in [5, 5.41) is 3.28. The van der Waals surface area contributed by atoms with E-state index in [1.165, 1.54) is 4.90 Å². The van der Waals surface area contributed by atoms with Crippen LogP contribution >= 0.6 is 0 Å². The van der Waals surface area contributed by atoms with Crippen molar-refractivity contribution < 1.29 is 50.1 Å². The van der Waals surface area contributed by atoms with Crippen molar-refractivity contribution in [3.8, 4) is 0 Å². The minimum atomic E-state index is -4.89. The number of alkyl halides is 3. The summed E-state index contributed by atoms with van der Waals surface area (Å²) in [6.45, 7) is -0.670. The van der Waals surface area contributed by atoms with Crippen molar-refractivity contribution >= 4 is 11.9 Å². The van der Waals surface area contributed by atoms with Crippen molar-refractivity contribution in [2.45, 2.75) is 38.1 Å². The smallest absolute Gasteiger partial charge is 0.449 e. The van der Waals surface area contributed by atoms with E-state index >= 15 is 0 Å². The number of imidazole rings is 1. The number of azide groups is 1. The average Bonchev–Trinajstić information content (AvgIpc) is 3.32. The molecule has 2 aromatic rings. The molecule has 0 fully saturated rings. The van der Waals surface area contributed by atoms with Gasteiger partial charge in [0.25, 0.3) is 0 Å². The summed E-state index contributed by atoms with van der Waals surface area (Å²) in [4.78, 5) is 32.7. The molecule has 230 valence electrons. The summed E-state index contributed by atoms with van der Waals surface area (Å²) in [5.74, 6) is -6.78. The molecule has 1 aromatic heterocycles. The fraction of sp³-hybridized carbons (Fsp3) is 0.542. The number of esters is 1. The van der Waals surface area contributed by atoms with Crippen LogP contribution in [0.3, 0.4) is 0 Å². The lowest BCUT2D eigenvalue weighted by Crippen LogP contribution is -2.42. The Hall–Kier alpha value is -3.86. The maximum Gasteiger partial charge on any atom is 0.449 e. The summed E-state index contributed by atoms with van der Waals surface area (Å²) in [5.41, 5.74) is 13.0. The van der Waals surface area contributed by atoms with E-state index in [0.717, 1.165) is 4.57 Å². The van der Waals surface area contributed by atoms with E-state index in [2.05, 4.69) is 15.0 Å². The first-order chi connectivity index (χ1) is 19.9. The molecule has 0 saturated heterocycles. The summed E-state index contributed by atoms with van der Waals surface area (Å²) in [6, 6.07) is -0.0189. The number of aromatic nitrogens is 2. The zero-order valence-electron chi connectivity index (χ0n) is 22.1. The number of rotatable bonds is 14. The van der Waals surface area contributed by atoms with Crippen LogP contribution in [0.5, 0.6) is 0 Å². The normalized spacial score (nSPS) is 13.8. The van der Waals surface area contributed by atoms with Crippen molar-refractivity contribution in [1.82, 2.24) is 14.5 Å². The third-order valence-electron chi connectivity index (χ3n) is 6.05. The molecule has 0 radical (unpaired) electrons. The Morgan fingerprint density at radius 1 is 1.05 bits per heavy atom. The number of amides is 1. The number of carbonyl (C=O) groups excluding carboxylic acids is 2. The highest BCUT2D eigenvalue weighted by Crippen LogP contribution is 2.32. The number of ether oxygens (including phenoxy) is 3. The summed E-state index contributed by atoms with van der Waals surface area (Å²) < 4.78 is 97.6. The van der Waals surface area contributed by atoms with Gasteiger partial charge in [0.05, 0.1) is 38.7 Å². The van der Waals surface area contributed by atoms with E-state index in [0.29, 0.717) is 12.1 Å². The largest absolute Gasteiger partial charge is 0.458 e.